The SMILES string of the molecule is CC(C)C(CNC(=O)c1ccnc2ccnn12)Nc1ccccc1. The maximum absolute atomic E-state index is 12.5. The number of aromatic nitrogens is 3. The van der Waals surface area contributed by atoms with Gasteiger partial charge in [-0.1, -0.05) is 32.0 Å². The third-order valence-corrected chi connectivity index (χ3v) is 3.94. The van der Waals surface area contributed by atoms with Crippen LogP contribution in [0.3, 0.4) is 0 Å². The van der Waals surface area contributed by atoms with Crippen molar-refractivity contribution in [3.8, 4) is 0 Å². The van der Waals surface area contributed by atoms with Crippen molar-refractivity contribution in [2.45, 2.75) is 19.9 Å². The molecule has 3 aromatic rings. The molecule has 0 saturated heterocycles. The Hall–Kier alpha value is -2.89. The molecule has 2 aromatic heterocycles. The molecule has 1 amide bonds. The molecule has 3 rings (SSSR count). The molecule has 0 aliphatic heterocycles. The molecule has 1 aromatic carbocycles. The first-order chi connectivity index (χ1) is 11.6. The number of para-hydroxylation sites is 1. The third kappa shape index (κ3) is 3.53. The van der Waals surface area contributed by atoms with Gasteiger partial charge >= 0.3 is 0 Å². The van der Waals surface area contributed by atoms with Gasteiger partial charge in [-0.3, -0.25) is 4.79 Å². The van der Waals surface area contributed by atoms with Gasteiger partial charge in [-0.15, -0.1) is 0 Å². The van der Waals surface area contributed by atoms with Crippen LogP contribution in [0.15, 0.2) is 54.9 Å². The molecule has 0 spiro atoms. The van der Waals surface area contributed by atoms with Gasteiger partial charge in [0.25, 0.3) is 5.91 Å². The molecule has 0 saturated carbocycles. The van der Waals surface area contributed by atoms with Crippen LogP contribution in [0.4, 0.5) is 5.69 Å². The van der Waals surface area contributed by atoms with Crippen LogP contribution in [0.25, 0.3) is 5.65 Å². The predicted octanol–water partition coefficient (Wildman–Crippen LogP) is 2.60. The van der Waals surface area contributed by atoms with Gasteiger partial charge in [0.15, 0.2) is 5.65 Å². The van der Waals surface area contributed by atoms with E-state index >= 15 is 0 Å². The van der Waals surface area contributed by atoms with Crippen LogP contribution in [0, 0.1) is 5.92 Å². The smallest absolute Gasteiger partial charge is 0.270 e. The van der Waals surface area contributed by atoms with E-state index in [1.165, 1.54) is 0 Å². The zero-order valence-corrected chi connectivity index (χ0v) is 13.8. The Kier molecular flexibility index (Phi) is 4.74. The Balaban J connectivity index is 1.68. The van der Waals surface area contributed by atoms with Crippen molar-refractivity contribution in [1.82, 2.24) is 19.9 Å². The monoisotopic (exact) mass is 323 g/mol. The predicted molar refractivity (Wildman–Crippen MR) is 94.0 cm³/mol. The van der Waals surface area contributed by atoms with Crippen molar-refractivity contribution >= 4 is 17.2 Å². The molecule has 6 nitrogen and oxygen atoms in total. The summed E-state index contributed by atoms with van der Waals surface area (Å²) in [7, 11) is 0. The average molecular weight is 323 g/mol. The van der Waals surface area contributed by atoms with E-state index in [9.17, 15) is 4.79 Å². The van der Waals surface area contributed by atoms with E-state index < -0.39 is 0 Å². The van der Waals surface area contributed by atoms with Gasteiger partial charge in [0.2, 0.25) is 0 Å². The Bertz CT molecular complexity index is 812. The average Bonchev–Trinajstić information content (AvgIpc) is 3.07. The second-order valence-electron chi connectivity index (χ2n) is 6.00. The van der Waals surface area contributed by atoms with Gasteiger partial charge < -0.3 is 10.6 Å². The number of anilines is 1. The summed E-state index contributed by atoms with van der Waals surface area (Å²) < 4.78 is 1.55. The lowest BCUT2D eigenvalue weighted by molar-refractivity contribution is 0.0942. The van der Waals surface area contributed by atoms with Crippen LogP contribution in [-0.4, -0.2) is 33.1 Å². The standard InChI is InChI=1S/C18H21N5O/c1-13(2)15(22-14-6-4-3-5-7-14)12-20-18(24)16-8-10-19-17-9-11-21-23(16)17/h3-11,13,15,22H,12H2,1-2H3,(H,20,24). The molecule has 0 bridgehead atoms. The minimum atomic E-state index is -0.161. The second kappa shape index (κ2) is 7.12. The Morgan fingerprint density at radius 3 is 2.67 bits per heavy atom. The first-order valence-corrected chi connectivity index (χ1v) is 8.03. The topological polar surface area (TPSA) is 71.3 Å². The van der Waals surface area contributed by atoms with Crippen LogP contribution >= 0.6 is 0 Å². The van der Waals surface area contributed by atoms with Gasteiger partial charge in [-0.2, -0.15) is 5.10 Å². The highest BCUT2D eigenvalue weighted by molar-refractivity contribution is 5.92. The van der Waals surface area contributed by atoms with E-state index in [0.717, 1.165) is 5.69 Å². The lowest BCUT2D eigenvalue weighted by Gasteiger charge is -2.24. The highest BCUT2D eigenvalue weighted by Crippen LogP contribution is 2.12. The maximum Gasteiger partial charge on any atom is 0.270 e. The van der Waals surface area contributed by atoms with Gasteiger partial charge in [0, 0.05) is 30.5 Å². The summed E-state index contributed by atoms with van der Waals surface area (Å²) in [5.41, 5.74) is 2.18. The van der Waals surface area contributed by atoms with Crippen LogP contribution in [0.5, 0.6) is 0 Å². The number of hydrogen-bond acceptors (Lipinski definition) is 4. The van der Waals surface area contributed by atoms with Crippen LogP contribution in [-0.2, 0) is 0 Å². The van der Waals surface area contributed by atoms with E-state index in [1.54, 1.807) is 29.0 Å². The summed E-state index contributed by atoms with van der Waals surface area (Å²) in [4.78, 5) is 16.7. The number of carbonyl (C=O) groups is 1. The molecule has 1 unspecified atom stereocenters. The van der Waals surface area contributed by atoms with E-state index in [1.807, 2.05) is 30.3 Å². The third-order valence-electron chi connectivity index (χ3n) is 3.94. The lowest BCUT2D eigenvalue weighted by atomic mass is 10.0. The quantitative estimate of drug-likeness (QED) is 0.731. The summed E-state index contributed by atoms with van der Waals surface area (Å²) in [6.45, 7) is 4.78. The van der Waals surface area contributed by atoms with Gasteiger partial charge in [-0.25, -0.2) is 9.50 Å². The van der Waals surface area contributed by atoms with Crippen molar-refractivity contribution < 1.29 is 4.79 Å². The minimum absolute atomic E-state index is 0.131. The fourth-order valence-electron chi connectivity index (χ4n) is 2.50. The normalized spacial score (nSPS) is 12.3. The second-order valence-corrected chi connectivity index (χ2v) is 6.00. The van der Waals surface area contributed by atoms with E-state index in [0.29, 0.717) is 23.8 Å². The number of rotatable bonds is 6. The molecule has 24 heavy (non-hydrogen) atoms. The summed E-state index contributed by atoms with van der Waals surface area (Å²) in [5.74, 6) is 0.208. The molecule has 6 heteroatoms. The zero-order chi connectivity index (χ0) is 16.9. The number of nitrogens with zero attached hydrogens (tertiary/aromatic N) is 3. The van der Waals surface area contributed by atoms with Crippen molar-refractivity contribution in [2.75, 3.05) is 11.9 Å². The fraction of sp³-hybridized carbons (Fsp3) is 0.278. The number of benzene rings is 1. The fourth-order valence-corrected chi connectivity index (χ4v) is 2.50. The Morgan fingerprint density at radius 2 is 1.92 bits per heavy atom. The minimum Gasteiger partial charge on any atom is -0.380 e. The molecule has 124 valence electrons. The summed E-state index contributed by atoms with van der Waals surface area (Å²) in [6, 6.07) is 13.6. The van der Waals surface area contributed by atoms with Crippen LogP contribution < -0.4 is 10.6 Å². The van der Waals surface area contributed by atoms with Crippen molar-refractivity contribution in [3.63, 3.8) is 0 Å². The summed E-state index contributed by atoms with van der Waals surface area (Å²) in [6.07, 6.45) is 3.25. The summed E-state index contributed by atoms with van der Waals surface area (Å²) >= 11 is 0. The van der Waals surface area contributed by atoms with E-state index in [-0.39, 0.29) is 11.9 Å². The van der Waals surface area contributed by atoms with Crippen LogP contribution in [0.1, 0.15) is 24.3 Å². The summed E-state index contributed by atoms with van der Waals surface area (Å²) in [5, 5.41) is 10.6. The Labute approximate surface area is 140 Å². The highest BCUT2D eigenvalue weighted by Gasteiger charge is 2.17. The number of hydrogen-bond donors (Lipinski definition) is 2. The van der Waals surface area contributed by atoms with Gasteiger partial charge in [-0.05, 0) is 24.1 Å². The highest BCUT2D eigenvalue weighted by atomic mass is 16.2. The zero-order valence-electron chi connectivity index (χ0n) is 13.8. The first kappa shape index (κ1) is 16.0. The van der Waals surface area contributed by atoms with Crippen molar-refractivity contribution in [1.29, 1.82) is 0 Å². The molecule has 0 aliphatic carbocycles. The molecule has 2 N–H and O–H groups in total. The lowest BCUT2D eigenvalue weighted by Crippen LogP contribution is -2.40. The van der Waals surface area contributed by atoms with E-state index in [2.05, 4.69) is 34.6 Å². The molecule has 2 heterocycles. The van der Waals surface area contributed by atoms with Crippen LogP contribution in [0.2, 0.25) is 0 Å². The Morgan fingerprint density at radius 1 is 1.12 bits per heavy atom. The number of nitrogens with one attached hydrogen (secondary N) is 2. The molecular formula is C18H21N5O. The molecule has 1 atom stereocenters. The van der Waals surface area contributed by atoms with Crippen molar-refractivity contribution in [2.24, 2.45) is 5.92 Å². The van der Waals surface area contributed by atoms with Gasteiger partial charge in [0.1, 0.15) is 5.69 Å². The molecular weight excluding hydrogens is 302 g/mol. The number of amides is 1. The first-order valence-electron chi connectivity index (χ1n) is 8.03. The van der Waals surface area contributed by atoms with Gasteiger partial charge in [0.05, 0.1) is 6.20 Å². The van der Waals surface area contributed by atoms with E-state index in [4.69, 9.17) is 0 Å². The molecule has 0 fully saturated rings. The largest absolute Gasteiger partial charge is 0.380 e. The molecule has 0 aliphatic rings. The maximum atomic E-state index is 12.5. The van der Waals surface area contributed by atoms with Crippen molar-refractivity contribution in [3.05, 3.63) is 60.6 Å². The molecule has 0 radical (unpaired) electrons. The number of carbonyl (C=O) groups excluding carboxylic acids is 1. The number of fused-ring (bicyclic) bond motifs is 1.